The highest BCUT2D eigenvalue weighted by molar-refractivity contribution is 7.97. The number of aromatic nitrogens is 3. The van der Waals surface area contributed by atoms with Gasteiger partial charge in [0.15, 0.2) is 5.82 Å². The molecule has 0 bridgehead atoms. The van der Waals surface area contributed by atoms with Crippen LogP contribution < -0.4 is 5.32 Å². The van der Waals surface area contributed by atoms with E-state index < -0.39 is 0 Å². The van der Waals surface area contributed by atoms with E-state index in [4.69, 9.17) is 0 Å². The topological polar surface area (TPSA) is 59.8 Å². The second kappa shape index (κ2) is 7.31. The normalized spacial score (nSPS) is 10.6. The summed E-state index contributed by atoms with van der Waals surface area (Å²) >= 11 is 1.77. The molecular formula is C18H18N4OS. The molecule has 1 N–H and O–H groups in total. The Bertz CT molecular complexity index is 828. The van der Waals surface area contributed by atoms with Crippen LogP contribution in [0.15, 0.2) is 54.9 Å². The number of thioether (sulfide) groups is 1. The maximum atomic E-state index is 12.5. The molecule has 0 atom stereocenters. The van der Waals surface area contributed by atoms with Gasteiger partial charge in [0.05, 0.1) is 17.5 Å². The number of pyridine rings is 1. The van der Waals surface area contributed by atoms with Crippen LogP contribution >= 0.6 is 11.8 Å². The molecule has 0 aliphatic rings. The van der Waals surface area contributed by atoms with E-state index in [2.05, 4.69) is 21.7 Å². The first-order chi connectivity index (χ1) is 11.7. The summed E-state index contributed by atoms with van der Waals surface area (Å²) in [5, 5.41) is 7.19. The van der Waals surface area contributed by atoms with Gasteiger partial charge >= 0.3 is 0 Å². The highest BCUT2D eigenvalue weighted by Crippen LogP contribution is 2.17. The number of benzene rings is 1. The van der Waals surface area contributed by atoms with Crippen molar-refractivity contribution >= 4 is 23.4 Å². The van der Waals surface area contributed by atoms with E-state index in [1.807, 2.05) is 49.4 Å². The van der Waals surface area contributed by atoms with Gasteiger partial charge in [0.2, 0.25) is 0 Å². The van der Waals surface area contributed by atoms with Gasteiger partial charge in [-0.1, -0.05) is 18.2 Å². The van der Waals surface area contributed by atoms with Crippen molar-refractivity contribution in [3.8, 4) is 5.82 Å². The first kappa shape index (κ1) is 16.3. The summed E-state index contributed by atoms with van der Waals surface area (Å²) in [6, 6.07) is 13.5. The Balaban J connectivity index is 1.77. The predicted molar refractivity (Wildman–Crippen MR) is 97.7 cm³/mol. The molecule has 0 unspecified atom stereocenters. The van der Waals surface area contributed by atoms with Crippen LogP contribution in [0.25, 0.3) is 5.82 Å². The minimum Gasteiger partial charge on any atom is -0.322 e. The Kier molecular flexibility index (Phi) is 4.96. The number of nitrogens with zero attached hydrogens (tertiary/aromatic N) is 3. The fourth-order valence-corrected chi connectivity index (χ4v) is 2.92. The van der Waals surface area contributed by atoms with Crippen LogP contribution in [0, 0.1) is 6.92 Å². The Morgan fingerprint density at radius 2 is 2.00 bits per heavy atom. The molecule has 3 rings (SSSR count). The van der Waals surface area contributed by atoms with Crippen molar-refractivity contribution in [1.29, 1.82) is 0 Å². The fourth-order valence-electron chi connectivity index (χ4n) is 2.39. The van der Waals surface area contributed by atoms with Gasteiger partial charge in [0.25, 0.3) is 5.91 Å². The maximum Gasteiger partial charge on any atom is 0.259 e. The van der Waals surface area contributed by atoms with Crippen molar-refractivity contribution in [2.75, 3.05) is 11.6 Å². The molecule has 0 saturated carbocycles. The zero-order chi connectivity index (χ0) is 16.9. The maximum absolute atomic E-state index is 12.5. The summed E-state index contributed by atoms with van der Waals surface area (Å²) in [5.41, 5.74) is 3.30. The van der Waals surface area contributed by atoms with Crippen molar-refractivity contribution in [2.45, 2.75) is 12.7 Å². The molecule has 0 radical (unpaired) electrons. The van der Waals surface area contributed by atoms with Gasteiger partial charge in [-0.05, 0) is 43.0 Å². The van der Waals surface area contributed by atoms with Crippen molar-refractivity contribution in [3.05, 3.63) is 71.7 Å². The Morgan fingerprint density at radius 1 is 1.21 bits per heavy atom. The lowest BCUT2D eigenvalue weighted by atomic mass is 10.2. The van der Waals surface area contributed by atoms with E-state index >= 15 is 0 Å². The van der Waals surface area contributed by atoms with Crippen LogP contribution in [0.2, 0.25) is 0 Å². The fraction of sp³-hybridized carbons (Fsp3) is 0.167. The van der Waals surface area contributed by atoms with Gasteiger partial charge in [0.1, 0.15) is 0 Å². The smallest absolute Gasteiger partial charge is 0.259 e. The lowest BCUT2D eigenvalue weighted by molar-refractivity contribution is 0.102. The monoisotopic (exact) mass is 338 g/mol. The summed E-state index contributed by atoms with van der Waals surface area (Å²) in [6.07, 6.45) is 5.34. The lowest BCUT2D eigenvalue weighted by Crippen LogP contribution is -2.13. The summed E-state index contributed by atoms with van der Waals surface area (Å²) in [6.45, 7) is 1.86. The standard InChI is InChI=1S/C18H18N4OS/c1-13-16(11-20-22(13)17-5-3-4-10-19-17)18(23)21-15-8-6-14(7-9-15)12-24-2/h3-11H,12H2,1-2H3,(H,21,23). The summed E-state index contributed by atoms with van der Waals surface area (Å²) in [5.74, 6) is 1.48. The zero-order valence-corrected chi connectivity index (χ0v) is 14.4. The van der Waals surface area contributed by atoms with Crippen molar-refractivity contribution < 1.29 is 4.79 Å². The SMILES string of the molecule is CSCc1ccc(NC(=O)c2cnn(-c3ccccn3)c2C)cc1. The van der Waals surface area contributed by atoms with Crippen LogP contribution in [0.5, 0.6) is 0 Å². The lowest BCUT2D eigenvalue weighted by Gasteiger charge is -2.07. The van der Waals surface area contributed by atoms with Crippen molar-refractivity contribution in [3.63, 3.8) is 0 Å². The van der Waals surface area contributed by atoms with E-state index in [9.17, 15) is 4.79 Å². The third-order valence-corrected chi connectivity index (χ3v) is 4.27. The van der Waals surface area contributed by atoms with Crippen LogP contribution in [0.4, 0.5) is 5.69 Å². The number of carbonyl (C=O) groups excluding carboxylic acids is 1. The van der Waals surface area contributed by atoms with Crippen molar-refractivity contribution in [1.82, 2.24) is 14.8 Å². The predicted octanol–water partition coefficient (Wildman–Crippen LogP) is 3.69. The molecule has 0 fully saturated rings. The second-order valence-corrected chi connectivity index (χ2v) is 6.19. The van der Waals surface area contributed by atoms with Gasteiger partial charge in [-0.25, -0.2) is 9.67 Å². The molecule has 0 saturated heterocycles. The van der Waals surface area contributed by atoms with Crippen LogP contribution in [-0.4, -0.2) is 26.9 Å². The van der Waals surface area contributed by atoms with E-state index in [0.29, 0.717) is 11.4 Å². The van der Waals surface area contributed by atoms with Gasteiger partial charge in [-0.3, -0.25) is 4.79 Å². The van der Waals surface area contributed by atoms with Gasteiger partial charge < -0.3 is 5.32 Å². The number of rotatable bonds is 5. The highest BCUT2D eigenvalue weighted by atomic mass is 32.2. The number of hydrogen-bond acceptors (Lipinski definition) is 4. The first-order valence-electron chi connectivity index (χ1n) is 7.54. The molecule has 1 aromatic carbocycles. The Hall–Kier alpha value is -2.60. The van der Waals surface area contributed by atoms with Crippen LogP contribution in [0.1, 0.15) is 21.6 Å². The average molecular weight is 338 g/mol. The Labute approximate surface area is 145 Å². The first-order valence-corrected chi connectivity index (χ1v) is 8.93. The van der Waals surface area contributed by atoms with Gasteiger partial charge in [-0.15, -0.1) is 0 Å². The average Bonchev–Trinajstić information content (AvgIpc) is 2.99. The van der Waals surface area contributed by atoms with Crippen LogP contribution in [0.3, 0.4) is 0 Å². The molecule has 0 aliphatic carbocycles. The molecule has 0 aliphatic heterocycles. The molecule has 2 aromatic heterocycles. The second-order valence-electron chi connectivity index (χ2n) is 5.33. The number of hydrogen-bond donors (Lipinski definition) is 1. The molecular weight excluding hydrogens is 320 g/mol. The van der Waals surface area contributed by atoms with Crippen LogP contribution in [-0.2, 0) is 5.75 Å². The summed E-state index contributed by atoms with van der Waals surface area (Å²) < 4.78 is 1.66. The molecule has 2 heterocycles. The minimum absolute atomic E-state index is 0.174. The molecule has 122 valence electrons. The van der Waals surface area contributed by atoms with E-state index in [1.165, 1.54) is 5.56 Å². The molecule has 5 nitrogen and oxygen atoms in total. The van der Waals surface area contributed by atoms with Crippen molar-refractivity contribution in [2.24, 2.45) is 0 Å². The minimum atomic E-state index is -0.174. The number of nitrogens with one attached hydrogen (secondary N) is 1. The van der Waals surface area contributed by atoms with E-state index in [0.717, 1.165) is 17.1 Å². The molecule has 3 aromatic rings. The third-order valence-electron chi connectivity index (χ3n) is 3.64. The quantitative estimate of drug-likeness (QED) is 0.771. The molecule has 24 heavy (non-hydrogen) atoms. The largest absolute Gasteiger partial charge is 0.322 e. The summed E-state index contributed by atoms with van der Waals surface area (Å²) in [4.78, 5) is 16.8. The number of anilines is 1. The highest BCUT2D eigenvalue weighted by Gasteiger charge is 2.15. The van der Waals surface area contributed by atoms with E-state index in [1.54, 1.807) is 28.8 Å². The van der Waals surface area contributed by atoms with Gasteiger partial charge in [0, 0.05) is 17.6 Å². The van der Waals surface area contributed by atoms with Gasteiger partial charge in [-0.2, -0.15) is 16.9 Å². The van der Waals surface area contributed by atoms with E-state index in [-0.39, 0.29) is 5.91 Å². The Morgan fingerprint density at radius 3 is 2.67 bits per heavy atom. The number of amides is 1. The molecule has 1 amide bonds. The molecule has 6 heteroatoms. The number of carbonyl (C=O) groups is 1. The third kappa shape index (κ3) is 3.49. The zero-order valence-electron chi connectivity index (χ0n) is 13.6. The molecule has 0 spiro atoms. The summed E-state index contributed by atoms with van der Waals surface area (Å²) in [7, 11) is 0.